The van der Waals surface area contributed by atoms with Crippen molar-refractivity contribution in [2.24, 2.45) is 0 Å². The molecule has 0 atom stereocenters. The number of nitrogens with zero attached hydrogens (tertiary/aromatic N) is 1. The van der Waals surface area contributed by atoms with Crippen LogP contribution in [-0.4, -0.2) is 19.4 Å². The number of rotatable bonds is 5. The van der Waals surface area contributed by atoms with E-state index in [1.54, 1.807) is 6.92 Å². The van der Waals surface area contributed by atoms with Gasteiger partial charge in [0.1, 0.15) is 0 Å². The zero-order valence-electron chi connectivity index (χ0n) is 9.79. The highest BCUT2D eigenvalue weighted by molar-refractivity contribution is 5.94. The van der Waals surface area contributed by atoms with Gasteiger partial charge in [-0.15, -0.1) is 0 Å². The van der Waals surface area contributed by atoms with Gasteiger partial charge in [-0.25, -0.2) is 0 Å². The van der Waals surface area contributed by atoms with Crippen molar-refractivity contribution < 1.29 is 4.79 Å². The van der Waals surface area contributed by atoms with Gasteiger partial charge in [0, 0.05) is 24.8 Å². The van der Waals surface area contributed by atoms with Gasteiger partial charge in [0.05, 0.1) is 0 Å². The third-order valence-corrected chi connectivity index (χ3v) is 2.56. The van der Waals surface area contributed by atoms with E-state index in [4.69, 9.17) is 0 Å². The van der Waals surface area contributed by atoms with Gasteiger partial charge in [0.2, 0.25) is 0 Å². The maximum atomic E-state index is 11.1. The Hall–Kier alpha value is -1.31. The topological polar surface area (TPSA) is 20.3 Å². The highest BCUT2D eigenvalue weighted by Gasteiger charge is 2.02. The smallest absolute Gasteiger partial charge is 0.159 e. The third-order valence-electron chi connectivity index (χ3n) is 2.56. The van der Waals surface area contributed by atoms with E-state index in [0.29, 0.717) is 0 Å². The largest absolute Gasteiger partial charge is 0.375 e. The van der Waals surface area contributed by atoms with Gasteiger partial charge in [-0.1, -0.05) is 13.3 Å². The molecule has 82 valence electrons. The second kappa shape index (κ2) is 5.54. The summed E-state index contributed by atoms with van der Waals surface area (Å²) < 4.78 is 0. The lowest BCUT2D eigenvalue weighted by Gasteiger charge is -2.18. The molecule has 0 N–H and O–H groups in total. The Bertz CT molecular complexity index is 316. The number of carbonyl (C=O) groups is 1. The van der Waals surface area contributed by atoms with Crippen molar-refractivity contribution in [1.29, 1.82) is 0 Å². The van der Waals surface area contributed by atoms with E-state index >= 15 is 0 Å². The molecule has 0 saturated heterocycles. The summed E-state index contributed by atoms with van der Waals surface area (Å²) in [6, 6.07) is 7.79. The Labute approximate surface area is 91.9 Å². The van der Waals surface area contributed by atoms with E-state index in [1.807, 2.05) is 24.3 Å². The fourth-order valence-electron chi connectivity index (χ4n) is 1.48. The molecule has 0 radical (unpaired) electrons. The molecule has 15 heavy (non-hydrogen) atoms. The molecular formula is C13H19NO. The second-order valence-electron chi connectivity index (χ2n) is 3.88. The van der Waals surface area contributed by atoms with Gasteiger partial charge in [0.15, 0.2) is 5.78 Å². The Morgan fingerprint density at radius 3 is 2.33 bits per heavy atom. The predicted molar refractivity (Wildman–Crippen MR) is 64.6 cm³/mol. The van der Waals surface area contributed by atoms with Gasteiger partial charge in [-0.2, -0.15) is 0 Å². The number of unbranched alkanes of at least 4 members (excludes halogenated alkanes) is 1. The first-order chi connectivity index (χ1) is 7.15. The van der Waals surface area contributed by atoms with Crippen LogP contribution in [0.2, 0.25) is 0 Å². The molecule has 0 heterocycles. The average Bonchev–Trinajstić information content (AvgIpc) is 2.26. The standard InChI is InChI=1S/C13H19NO/c1-4-5-10-14(3)13-8-6-12(7-9-13)11(2)15/h6-9H,4-5,10H2,1-3H3. The summed E-state index contributed by atoms with van der Waals surface area (Å²) in [7, 11) is 2.08. The molecule has 1 aromatic rings. The first-order valence-corrected chi connectivity index (χ1v) is 5.47. The Morgan fingerprint density at radius 2 is 1.87 bits per heavy atom. The van der Waals surface area contributed by atoms with Crippen molar-refractivity contribution in [2.45, 2.75) is 26.7 Å². The summed E-state index contributed by atoms with van der Waals surface area (Å²) >= 11 is 0. The second-order valence-corrected chi connectivity index (χ2v) is 3.88. The van der Waals surface area contributed by atoms with Crippen molar-refractivity contribution in [3.8, 4) is 0 Å². The molecule has 0 aliphatic carbocycles. The van der Waals surface area contributed by atoms with Gasteiger partial charge < -0.3 is 4.90 Å². The fraction of sp³-hybridized carbons (Fsp3) is 0.462. The molecule has 0 aromatic heterocycles. The van der Waals surface area contributed by atoms with Crippen LogP contribution in [0.1, 0.15) is 37.0 Å². The van der Waals surface area contributed by atoms with Crippen LogP contribution in [0.5, 0.6) is 0 Å². The molecule has 0 fully saturated rings. The summed E-state index contributed by atoms with van der Waals surface area (Å²) in [4.78, 5) is 13.3. The lowest BCUT2D eigenvalue weighted by molar-refractivity contribution is 0.101. The van der Waals surface area contributed by atoms with Crippen LogP contribution >= 0.6 is 0 Å². The van der Waals surface area contributed by atoms with Crippen LogP contribution in [0.15, 0.2) is 24.3 Å². The number of Topliss-reactive ketones (excluding diaryl/α,β-unsaturated/α-hetero) is 1. The number of hydrogen-bond acceptors (Lipinski definition) is 2. The first kappa shape index (κ1) is 11.8. The van der Waals surface area contributed by atoms with Crippen LogP contribution in [0.25, 0.3) is 0 Å². The van der Waals surface area contributed by atoms with E-state index < -0.39 is 0 Å². The Morgan fingerprint density at radius 1 is 1.27 bits per heavy atom. The van der Waals surface area contributed by atoms with Crippen LogP contribution in [0, 0.1) is 0 Å². The molecular weight excluding hydrogens is 186 g/mol. The molecule has 2 heteroatoms. The quantitative estimate of drug-likeness (QED) is 0.688. The SMILES string of the molecule is CCCCN(C)c1ccc(C(C)=O)cc1. The fourth-order valence-corrected chi connectivity index (χ4v) is 1.48. The number of benzene rings is 1. The first-order valence-electron chi connectivity index (χ1n) is 5.47. The Balaban J connectivity index is 2.66. The maximum absolute atomic E-state index is 11.1. The monoisotopic (exact) mass is 205 g/mol. The zero-order chi connectivity index (χ0) is 11.3. The molecule has 1 aromatic carbocycles. The van der Waals surface area contributed by atoms with E-state index in [9.17, 15) is 4.79 Å². The van der Waals surface area contributed by atoms with Gasteiger partial charge in [-0.3, -0.25) is 4.79 Å². The van der Waals surface area contributed by atoms with Gasteiger partial charge in [-0.05, 0) is 37.6 Å². The third kappa shape index (κ3) is 3.39. The van der Waals surface area contributed by atoms with Crippen molar-refractivity contribution in [2.75, 3.05) is 18.5 Å². The highest BCUT2D eigenvalue weighted by atomic mass is 16.1. The van der Waals surface area contributed by atoms with E-state index in [0.717, 1.165) is 12.1 Å². The normalized spacial score (nSPS) is 10.1. The molecule has 2 nitrogen and oxygen atoms in total. The zero-order valence-corrected chi connectivity index (χ0v) is 9.79. The lowest BCUT2D eigenvalue weighted by atomic mass is 10.1. The van der Waals surface area contributed by atoms with Crippen LogP contribution in [0.4, 0.5) is 5.69 Å². The molecule has 0 bridgehead atoms. The number of ketones is 1. The summed E-state index contributed by atoms with van der Waals surface area (Å²) in [5.74, 6) is 0.123. The Kier molecular flexibility index (Phi) is 4.35. The number of anilines is 1. The summed E-state index contributed by atoms with van der Waals surface area (Å²) in [5, 5.41) is 0. The lowest BCUT2D eigenvalue weighted by Crippen LogP contribution is -2.18. The van der Waals surface area contributed by atoms with Crippen LogP contribution in [0.3, 0.4) is 0 Å². The summed E-state index contributed by atoms with van der Waals surface area (Å²) in [5.41, 5.74) is 1.95. The molecule has 1 rings (SSSR count). The predicted octanol–water partition coefficient (Wildman–Crippen LogP) is 3.13. The van der Waals surface area contributed by atoms with E-state index in [-0.39, 0.29) is 5.78 Å². The molecule has 0 aliphatic heterocycles. The number of carbonyl (C=O) groups excluding carboxylic acids is 1. The van der Waals surface area contributed by atoms with E-state index in [1.165, 1.54) is 18.5 Å². The molecule has 0 saturated carbocycles. The molecule has 0 aliphatic rings. The molecule has 0 spiro atoms. The minimum atomic E-state index is 0.123. The summed E-state index contributed by atoms with van der Waals surface area (Å²) in [6.07, 6.45) is 2.40. The van der Waals surface area contributed by atoms with E-state index in [2.05, 4.69) is 18.9 Å². The average molecular weight is 205 g/mol. The maximum Gasteiger partial charge on any atom is 0.159 e. The molecule has 0 amide bonds. The number of hydrogen-bond donors (Lipinski definition) is 0. The highest BCUT2D eigenvalue weighted by Crippen LogP contribution is 2.14. The van der Waals surface area contributed by atoms with Crippen molar-refractivity contribution >= 4 is 11.5 Å². The van der Waals surface area contributed by atoms with Crippen molar-refractivity contribution in [3.63, 3.8) is 0 Å². The summed E-state index contributed by atoms with van der Waals surface area (Å²) in [6.45, 7) is 4.85. The minimum absolute atomic E-state index is 0.123. The van der Waals surface area contributed by atoms with Crippen LogP contribution in [-0.2, 0) is 0 Å². The molecule has 0 unspecified atom stereocenters. The van der Waals surface area contributed by atoms with Crippen LogP contribution < -0.4 is 4.90 Å². The van der Waals surface area contributed by atoms with Crippen molar-refractivity contribution in [3.05, 3.63) is 29.8 Å². The minimum Gasteiger partial charge on any atom is -0.375 e. The van der Waals surface area contributed by atoms with Gasteiger partial charge in [0.25, 0.3) is 0 Å². The van der Waals surface area contributed by atoms with Gasteiger partial charge >= 0.3 is 0 Å². The van der Waals surface area contributed by atoms with Crippen molar-refractivity contribution in [1.82, 2.24) is 0 Å².